The van der Waals surface area contributed by atoms with Crippen molar-refractivity contribution in [2.24, 2.45) is 0 Å². The highest BCUT2D eigenvalue weighted by Crippen LogP contribution is 2.32. The maximum absolute atomic E-state index is 13.8. The van der Waals surface area contributed by atoms with Crippen molar-refractivity contribution in [2.75, 3.05) is 53.6 Å². The summed E-state index contributed by atoms with van der Waals surface area (Å²) in [5.74, 6) is 0.768. The van der Waals surface area contributed by atoms with Crippen LogP contribution in [0.15, 0.2) is 77.7 Å². The molecule has 40 heavy (non-hydrogen) atoms. The number of hydrogen-bond acceptors (Lipinski definition) is 7. The number of sulfonamides is 2. The van der Waals surface area contributed by atoms with E-state index in [9.17, 15) is 16.8 Å². The summed E-state index contributed by atoms with van der Waals surface area (Å²) in [5.41, 5.74) is 2.67. The third kappa shape index (κ3) is 7.47. The molecule has 2 N–H and O–H groups in total. The second-order valence-corrected chi connectivity index (χ2v) is 13.4. The highest BCUT2D eigenvalue weighted by molar-refractivity contribution is 7.92. The first-order valence-corrected chi connectivity index (χ1v) is 16.6. The van der Waals surface area contributed by atoms with Crippen LogP contribution in [0.25, 0.3) is 0 Å². The Labute approximate surface area is 238 Å². The van der Waals surface area contributed by atoms with E-state index in [0.29, 0.717) is 38.3 Å². The molecule has 1 heterocycles. The van der Waals surface area contributed by atoms with Crippen molar-refractivity contribution < 1.29 is 21.6 Å². The first kappa shape index (κ1) is 29.7. The van der Waals surface area contributed by atoms with E-state index in [0.717, 1.165) is 23.4 Å². The van der Waals surface area contributed by atoms with Crippen LogP contribution in [0.4, 0.5) is 17.1 Å². The van der Waals surface area contributed by atoms with Gasteiger partial charge < -0.3 is 14.5 Å². The van der Waals surface area contributed by atoms with Gasteiger partial charge in [-0.15, -0.1) is 0 Å². The molecule has 4 rings (SSSR count). The zero-order valence-corrected chi connectivity index (χ0v) is 24.8. The minimum atomic E-state index is -4.01. The maximum Gasteiger partial charge on any atom is 0.243 e. The molecular formula is C29H38N4O5S2. The summed E-state index contributed by atoms with van der Waals surface area (Å²) in [6.07, 6.45) is 1.26. The lowest BCUT2D eigenvalue weighted by Crippen LogP contribution is -2.47. The molecule has 3 aromatic carbocycles. The summed E-state index contributed by atoms with van der Waals surface area (Å²) < 4.78 is 63.3. The van der Waals surface area contributed by atoms with Gasteiger partial charge in [0.05, 0.1) is 18.6 Å². The fraction of sp³-hybridized carbons (Fsp3) is 0.379. The summed E-state index contributed by atoms with van der Waals surface area (Å²) >= 11 is 0. The predicted molar refractivity (Wildman–Crippen MR) is 161 cm³/mol. The molecule has 0 radical (unpaired) electrons. The maximum atomic E-state index is 13.8. The van der Waals surface area contributed by atoms with Crippen molar-refractivity contribution in [3.63, 3.8) is 0 Å². The van der Waals surface area contributed by atoms with Gasteiger partial charge in [0.1, 0.15) is 10.6 Å². The highest BCUT2D eigenvalue weighted by Gasteiger charge is 2.27. The summed E-state index contributed by atoms with van der Waals surface area (Å²) in [4.78, 5) is 4.33. The third-order valence-electron chi connectivity index (χ3n) is 6.98. The van der Waals surface area contributed by atoms with Gasteiger partial charge in [0.25, 0.3) is 0 Å². The first-order valence-electron chi connectivity index (χ1n) is 13.5. The van der Waals surface area contributed by atoms with Gasteiger partial charge in [0.15, 0.2) is 0 Å². The minimum Gasteiger partial charge on any atom is -0.497 e. The van der Waals surface area contributed by atoms with Crippen molar-refractivity contribution in [2.45, 2.75) is 37.6 Å². The standard InChI is InChI=1S/C29H38N4O5S2/c1-4-5-21-39(34,35)31-25-11-16-28(29(22-25)40(36,37)30-23(2)24-9-7-6-8-10-24)33-19-17-32(18-20-33)26-12-14-27(38-3)15-13-26/h6-16,22-23,30-31H,4-5,17-21H2,1-3H3/t23-/m1/s1. The monoisotopic (exact) mass is 586 g/mol. The number of benzene rings is 3. The van der Waals surface area contributed by atoms with Crippen LogP contribution < -0.4 is 24.0 Å². The van der Waals surface area contributed by atoms with Crippen LogP contribution in [0.5, 0.6) is 5.75 Å². The molecule has 1 saturated heterocycles. The van der Waals surface area contributed by atoms with Crippen molar-refractivity contribution in [3.05, 3.63) is 78.4 Å². The van der Waals surface area contributed by atoms with Gasteiger partial charge in [0.2, 0.25) is 20.0 Å². The van der Waals surface area contributed by atoms with Crippen LogP contribution in [0.1, 0.15) is 38.3 Å². The molecule has 0 amide bonds. The Bertz CT molecular complexity index is 1470. The Morgan fingerprint density at radius 1 is 0.875 bits per heavy atom. The number of unbranched alkanes of at least 4 members (excludes halogenated alkanes) is 1. The number of anilines is 3. The van der Waals surface area contributed by atoms with Gasteiger partial charge in [-0.25, -0.2) is 21.6 Å². The smallest absolute Gasteiger partial charge is 0.243 e. The van der Waals surface area contributed by atoms with Gasteiger partial charge >= 0.3 is 0 Å². The molecule has 0 bridgehead atoms. The molecule has 1 fully saturated rings. The molecule has 216 valence electrons. The third-order valence-corrected chi connectivity index (χ3v) is 9.92. The van der Waals surface area contributed by atoms with Crippen LogP contribution >= 0.6 is 0 Å². The summed E-state index contributed by atoms with van der Waals surface area (Å²) in [6.45, 7) is 6.31. The molecule has 9 nitrogen and oxygen atoms in total. The molecule has 0 aliphatic carbocycles. The van der Waals surface area contributed by atoms with Gasteiger partial charge in [-0.3, -0.25) is 4.72 Å². The number of ether oxygens (including phenoxy) is 1. The zero-order valence-electron chi connectivity index (χ0n) is 23.2. The normalized spacial score (nSPS) is 15.1. The van der Waals surface area contributed by atoms with Crippen LogP contribution in [0.2, 0.25) is 0 Å². The summed E-state index contributed by atoms with van der Waals surface area (Å²) in [5, 5.41) is 0. The van der Waals surface area contributed by atoms with E-state index in [2.05, 4.69) is 14.3 Å². The van der Waals surface area contributed by atoms with Gasteiger partial charge in [-0.1, -0.05) is 43.7 Å². The molecule has 0 saturated carbocycles. The minimum absolute atomic E-state index is 0.0239. The molecule has 0 unspecified atom stereocenters. The van der Waals surface area contributed by atoms with Crippen LogP contribution in [-0.4, -0.2) is 55.9 Å². The Morgan fingerprint density at radius 3 is 2.15 bits per heavy atom. The lowest BCUT2D eigenvalue weighted by Gasteiger charge is -2.38. The first-order chi connectivity index (χ1) is 19.1. The van der Waals surface area contributed by atoms with Crippen molar-refractivity contribution >= 4 is 37.1 Å². The molecule has 1 aliphatic heterocycles. The molecule has 11 heteroatoms. The van der Waals surface area contributed by atoms with E-state index < -0.39 is 26.1 Å². The number of nitrogens with zero attached hydrogens (tertiary/aromatic N) is 2. The number of methoxy groups -OCH3 is 1. The van der Waals surface area contributed by atoms with Crippen molar-refractivity contribution in [1.29, 1.82) is 0 Å². The van der Waals surface area contributed by atoms with Gasteiger partial charge in [-0.05, 0) is 61.4 Å². The van der Waals surface area contributed by atoms with Crippen LogP contribution in [0, 0.1) is 0 Å². The molecule has 0 spiro atoms. The average molecular weight is 587 g/mol. The SMILES string of the molecule is CCCCS(=O)(=O)Nc1ccc(N2CCN(c3ccc(OC)cc3)CC2)c(S(=O)(=O)N[C@H](C)c2ccccc2)c1. The van der Waals surface area contributed by atoms with E-state index in [1.54, 1.807) is 26.2 Å². The second kappa shape index (κ2) is 12.9. The Hall–Kier alpha value is -3.28. The van der Waals surface area contributed by atoms with E-state index in [1.165, 1.54) is 6.07 Å². The van der Waals surface area contributed by atoms with Gasteiger partial charge in [0, 0.05) is 43.6 Å². The highest BCUT2D eigenvalue weighted by atomic mass is 32.2. The molecule has 1 atom stereocenters. The summed E-state index contributed by atoms with van der Waals surface area (Å²) in [7, 11) is -5.98. The molecular weight excluding hydrogens is 548 g/mol. The van der Waals surface area contributed by atoms with E-state index in [1.807, 2.05) is 66.4 Å². The number of nitrogens with one attached hydrogen (secondary N) is 2. The second-order valence-electron chi connectivity index (χ2n) is 9.88. The quantitative estimate of drug-likeness (QED) is 0.319. The lowest BCUT2D eigenvalue weighted by atomic mass is 10.1. The Kier molecular flexibility index (Phi) is 9.60. The van der Waals surface area contributed by atoms with Crippen molar-refractivity contribution in [1.82, 2.24) is 4.72 Å². The lowest BCUT2D eigenvalue weighted by molar-refractivity contribution is 0.415. The van der Waals surface area contributed by atoms with Crippen molar-refractivity contribution in [3.8, 4) is 5.75 Å². The predicted octanol–water partition coefficient (Wildman–Crippen LogP) is 4.60. The zero-order chi connectivity index (χ0) is 28.8. The van der Waals surface area contributed by atoms with Gasteiger partial charge in [-0.2, -0.15) is 0 Å². The molecule has 1 aliphatic rings. The summed E-state index contributed by atoms with van der Waals surface area (Å²) in [6, 6.07) is 21.5. The van der Waals surface area contributed by atoms with E-state index in [-0.39, 0.29) is 16.3 Å². The van der Waals surface area contributed by atoms with Crippen LogP contribution in [-0.2, 0) is 20.0 Å². The van der Waals surface area contributed by atoms with E-state index in [4.69, 9.17) is 4.74 Å². The number of rotatable bonds is 12. The fourth-order valence-electron chi connectivity index (χ4n) is 4.72. The molecule has 0 aromatic heterocycles. The van der Waals surface area contributed by atoms with Crippen LogP contribution in [0.3, 0.4) is 0 Å². The number of piperazine rings is 1. The Balaban J connectivity index is 1.60. The van der Waals surface area contributed by atoms with E-state index >= 15 is 0 Å². The largest absolute Gasteiger partial charge is 0.497 e. The topological polar surface area (TPSA) is 108 Å². The Morgan fingerprint density at radius 2 is 1.52 bits per heavy atom. The average Bonchev–Trinajstić information content (AvgIpc) is 2.96. The molecule has 3 aromatic rings. The fourth-order valence-corrected chi connectivity index (χ4v) is 7.46. The number of hydrogen-bond donors (Lipinski definition) is 2.